The van der Waals surface area contributed by atoms with Gasteiger partial charge in [-0.25, -0.2) is 9.59 Å². The van der Waals surface area contributed by atoms with Gasteiger partial charge < -0.3 is 24.7 Å². The van der Waals surface area contributed by atoms with E-state index < -0.39 is 17.9 Å². The van der Waals surface area contributed by atoms with E-state index in [-0.39, 0.29) is 22.7 Å². The number of rotatable bonds is 9. The number of carbonyl (C=O) groups is 2. The molecule has 0 amide bonds. The molecule has 0 radical (unpaired) electrons. The molecule has 2 aromatic rings. The molecule has 2 N–H and O–H groups in total. The first-order valence-electron chi connectivity index (χ1n) is 10.9. The second kappa shape index (κ2) is 11.7. The van der Waals surface area contributed by atoms with Gasteiger partial charge in [-0.15, -0.1) is 0 Å². The number of allylic oxidation sites excluding steroid dienone is 1. The third kappa shape index (κ3) is 5.28. The summed E-state index contributed by atoms with van der Waals surface area (Å²) >= 11 is 0. The molecule has 0 aromatic heterocycles. The predicted octanol–water partition coefficient (Wildman–Crippen LogP) is 3.00. The van der Waals surface area contributed by atoms with Crippen LogP contribution in [-0.2, 0) is 23.8 Å². The topological polar surface area (TPSA) is 124 Å². The number of carbonyl (C=O) groups excluding carboxylic acids is 2. The van der Waals surface area contributed by atoms with Gasteiger partial charge in [-0.3, -0.25) is 4.90 Å². The fourth-order valence-electron chi connectivity index (χ4n) is 3.84. The second-order valence-corrected chi connectivity index (χ2v) is 7.37. The van der Waals surface area contributed by atoms with Crippen molar-refractivity contribution in [2.45, 2.75) is 12.8 Å². The first kappa shape index (κ1) is 25.3. The normalized spacial score (nSPS) is 15.5. The smallest absolute Gasteiger partial charge is 0.355 e. The van der Waals surface area contributed by atoms with Crippen molar-refractivity contribution < 1.29 is 28.5 Å². The zero-order valence-corrected chi connectivity index (χ0v) is 19.8. The molecule has 0 aliphatic carbocycles. The van der Waals surface area contributed by atoms with Crippen LogP contribution in [0.4, 0.5) is 5.69 Å². The first-order chi connectivity index (χ1) is 17.0. The van der Waals surface area contributed by atoms with E-state index in [1.54, 1.807) is 54.6 Å². The van der Waals surface area contributed by atoms with E-state index in [4.69, 9.17) is 24.7 Å². The van der Waals surface area contributed by atoms with E-state index in [1.165, 1.54) is 19.1 Å². The lowest BCUT2D eigenvalue weighted by Crippen LogP contribution is -2.40. The number of anilines is 1. The maximum atomic E-state index is 13.0. The van der Waals surface area contributed by atoms with E-state index in [1.807, 2.05) is 6.92 Å². The summed E-state index contributed by atoms with van der Waals surface area (Å²) in [5.74, 6) is -1.92. The summed E-state index contributed by atoms with van der Waals surface area (Å²) in [6.07, 6.45) is 0. The average Bonchev–Trinajstić information content (AvgIpc) is 2.90. The molecule has 1 unspecified atom stereocenters. The SMILES string of the molecule is CCOCCOc1ccc(N2C(N)=C(C#N)C(c3ccccc3)C(C(=O)OC)=C2C(=O)OC)cc1. The van der Waals surface area contributed by atoms with Gasteiger partial charge in [0.1, 0.15) is 23.9 Å². The Hall–Kier alpha value is -4.29. The van der Waals surface area contributed by atoms with Crippen molar-refractivity contribution >= 4 is 17.6 Å². The Morgan fingerprint density at radius 2 is 1.66 bits per heavy atom. The molecule has 0 fully saturated rings. The fraction of sp³-hybridized carbons (Fsp3) is 0.269. The van der Waals surface area contributed by atoms with Crippen molar-refractivity contribution in [1.29, 1.82) is 5.26 Å². The second-order valence-electron chi connectivity index (χ2n) is 7.37. The lowest BCUT2D eigenvalue weighted by Gasteiger charge is -2.35. The number of methoxy groups -OCH3 is 2. The summed E-state index contributed by atoms with van der Waals surface area (Å²) in [5.41, 5.74) is 7.43. The fourth-order valence-corrected chi connectivity index (χ4v) is 3.84. The van der Waals surface area contributed by atoms with E-state index in [0.717, 1.165) is 0 Å². The van der Waals surface area contributed by atoms with Crippen molar-refractivity contribution in [3.05, 3.63) is 82.8 Å². The van der Waals surface area contributed by atoms with Gasteiger partial charge in [0, 0.05) is 12.3 Å². The number of hydrogen-bond donors (Lipinski definition) is 1. The lowest BCUT2D eigenvalue weighted by atomic mass is 9.81. The number of nitrogens with zero attached hydrogens (tertiary/aromatic N) is 2. The van der Waals surface area contributed by atoms with Crippen LogP contribution in [0.2, 0.25) is 0 Å². The van der Waals surface area contributed by atoms with Crippen LogP contribution < -0.4 is 15.4 Å². The highest BCUT2D eigenvalue weighted by Gasteiger charge is 2.42. The highest BCUT2D eigenvalue weighted by molar-refractivity contribution is 6.06. The van der Waals surface area contributed by atoms with Gasteiger partial charge in [-0.05, 0) is 36.8 Å². The van der Waals surface area contributed by atoms with Gasteiger partial charge >= 0.3 is 11.9 Å². The zero-order chi connectivity index (χ0) is 25.4. The van der Waals surface area contributed by atoms with E-state index in [2.05, 4.69) is 6.07 Å². The number of benzene rings is 2. The van der Waals surface area contributed by atoms with E-state index in [9.17, 15) is 14.9 Å². The Morgan fingerprint density at radius 3 is 2.23 bits per heavy atom. The van der Waals surface area contributed by atoms with Crippen molar-refractivity contribution in [1.82, 2.24) is 0 Å². The van der Waals surface area contributed by atoms with Gasteiger partial charge in [0.2, 0.25) is 0 Å². The number of nitrogens with two attached hydrogens (primary N) is 1. The zero-order valence-electron chi connectivity index (χ0n) is 19.8. The van der Waals surface area contributed by atoms with Gasteiger partial charge in [-0.2, -0.15) is 5.26 Å². The summed E-state index contributed by atoms with van der Waals surface area (Å²) in [5, 5.41) is 10.1. The molecule has 0 bridgehead atoms. The Balaban J connectivity index is 2.16. The molecule has 0 spiro atoms. The minimum absolute atomic E-state index is 0.000537. The number of nitriles is 1. The number of ether oxygens (including phenoxy) is 4. The minimum atomic E-state index is -0.917. The van der Waals surface area contributed by atoms with Gasteiger partial charge in [0.25, 0.3) is 0 Å². The van der Waals surface area contributed by atoms with Crippen molar-refractivity contribution in [2.24, 2.45) is 5.73 Å². The van der Waals surface area contributed by atoms with Gasteiger partial charge in [0.15, 0.2) is 0 Å². The van der Waals surface area contributed by atoms with Crippen molar-refractivity contribution in [3.8, 4) is 11.8 Å². The van der Waals surface area contributed by atoms with E-state index >= 15 is 0 Å². The Morgan fingerprint density at radius 1 is 1.00 bits per heavy atom. The summed E-state index contributed by atoms with van der Waals surface area (Å²) in [6, 6.07) is 17.7. The summed E-state index contributed by atoms with van der Waals surface area (Å²) < 4.78 is 21.0. The molecule has 1 aliphatic rings. The molecule has 182 valence electrons. The monoisotopic (exact) mass is 477 g/mol. The standard InChI is InChI=1S/C26H27N3O6/c1-4-34-14-15-35-19-12-10-18(11-13-19)29-23(26(31)33-3)22(25(30)32-2)21(20(16-27)24(29)28)17-8-6-5-7-9-17/h5-13,21H,4,14-15,28H2,1-3H3. The highest BCUT2D eigenvalue weighted by atomic mass is 16.5. The van der Waals surface area contributed by atoms with Crippen LogP contribution in [0.15, 0.2) is 77.3 Å². The molecule has 1 aliphatic heterocycles. The molecule has 3 rings (SSSR count). The largest absolute Gasteiger partial charge is 0.491 e. The lowest BCUT2D eigenvalue weighted by molar-refractivity contribution is -0.139. The van der Waals surface area contributed by atoms with Gasteiger partial charge in [0.05, 0.1) is 44.0 Å². The van der Waals surface area contributed by atoms with Crippen LogP contribution in [0.5, 0.6) is 5.75 Å². The molecule has 2 aromatic carbocycles. The average molecular weight is 478 g/mol. The maximum absolute atomic E-state index is 13.0. The Kier molecular flexibility index (Phi) is 8.48. The van der Waals surface area contributed by atoms with Crippen LogP contribution >= 0.6 is 0 Å². The summed E-state index contributed by atoms with van der Waals surface area (Å²) in [4.78, 5) is 27.4. The Bertz CT molecular complexity index is 1170. The first-order valence-corrected chi connectivity index (χ1v) is 10.9. The van der Waals surface area contributed by atoms with Crippen LogP contribution in [0.25, 0.3) is 0 Å². The molecule has 1 atom stereocenters. The van der Waals surface area contributed by atoms with Crippen LogP contribution in [-0.4, -0.2) is 46.0 Å². The summed E-state index contributed by atoms with van der Waals surface area (Å²) in [7, 11) is 2.41. The molecule has 9 heteroatoms. The third-order valence-electron chi connectivity index (χ3n) is 5.41. The van der Waals surface area contributed by atoms with Crippen molar-refractivity contribution in [3.63, 3.8) is 0 Å². The van der Waals surface area contributed by atoms with Crippen LogP contribution in [0.1, 0.15) is 18.4 Å². The van der Waals surface area contributed by atoms with E-state index in [0.29, 0.717) is 36.8 Å². The van der Waals surface area contributed by atoms with Crippen LogP contribution in [0, 0.1) is 11.3 Å². The molecule has 35 heavy (non-hydrogen) atoms. The molecular weight excluding hydrogens is 450 g/mol. The van der Waals surface area contributed by atoms with Crippen molar-refractivity contribution in [2.75, 3.05) is 38.9 Å². The minimum Gasteiger partial charge on any atom is -0.491 e. The Labute approximate surface area is 203 Å². The quantitative estimate of drug-likeness (QED) is 0.429. The molecular formula is C26H27N3O6. The molecule has 9 nitrogen and oxygen atoms in total. The predicted molar refractivity (Wildman–Crippen MR) is 128 cm³/mol. The number of esters is 2. The highest BCUT2D eigenvalue weighted by Crippen LogP contribution is 2.43. The third-order valence-corrected chi connectivity index (χ3v) is 5.41. The summed E-state index contributed by atoms with van der Waals surface area (Å²) in [6.45, 7) is 3.32. The number of hydrogen-bond acceptors (Lipinski definition) is 9. The molecule has 1 heterocycles. The molecule has 0 saturated carbocycles. The maximum Gasteiger partial charge on any atom is 0.355 e. The van der Waals surface area contributed by atoms with Gasteiger partial charge in [-0.1, -0.05) is 30.3 Å². The van der Waals surface area contributed by atoms with Crippen LogP contribution in [0.3, 0.4) is 0 Å². The molecule has 0 saturated heterocycles.